The van der Waals surface area contributed by atoms with Gasteiger partial charge in [-0.25, -0.2) is 0 Å². The smallest absolute Gasteiger partial charge is 0.229 e. The first-order valence-electron chi connectivity index (χ1n) is 7.79. The molecule has 2 saturated carbocycles. The van der Waals surface area contributed by atoms with E-state index in [9.17, 15) is 0 Å². The van der Waals surface area contributed by atoms with Crippen molar-refractivity contribution in [2.75, 3.05) is 6.54 Å². The molecule has 0 aliphatic heterocycles. The first-order chi connectivity index (χ1) is 9.21. The lowest BCUT2D eigenvalue weighted by atomic mass is 9.86. The number of hydrogen-bond donors (Lipinski definition) is 1. The van der Waals surface area contributed by atoms with E-state index >= 15 is 0 Å². The molecule has 0 bridgehead atoms. The molecule has 2 aliphatic rings. The molecule has 1 aromatic rings. The van der Waals surface area contributed by atoms with Crippen LogP contribution in [-0.4, -0.2) is 22.7 Å². The van der Waals surface area contributed by atoms with Gasteiger partial charge in [0, 0.05) is 17.4 Å². The van der Waals surface area contributed by atoms with Crippen LogP contribution in [0, 0.1) is 0 Å². The van der Waals surface area contributed by atoms with Gasteiger partial charge in [-0.3, -0.25) is 0 Å². The van der Waals surface area contributed by atoms with Gasteiger partial charge in [0.25, 0.3) is 0 Å². The Morgan fingerprint density at radius 1 is 1.26 bits per heavy atom. The lowest BCUT2D eigenvalue weighted by molar-refractivity contribution is 0.282. The van der Waals surface area contributed by atoms with Crippen molar-refractivity contribution in [1.29, 1.82) is 0 Å². The van der Waals surface area contributed by atoms with Crippen LogP contribution in [0.5, 0.6) is 0 Å². The molecule has 3 rings (SSSR count). The monoisotopic (exact) mass is 263 g/mol. The fourth-order valence-corrected chi connectivity index (χ4v) is 2.95. The molecule has 0 amide bonds. The van der Waals surface area contributed by atoms with Crippen LogP contribution in [0.2, 0.25) is 0 Å². The molecule has 106 valence electrons. The zero-order valence-electron chi connectivity index (χ0n) is 12.1. The Kier molecular flexibility index (Phi) is 3.61. The van der Waals surface area contributed by atoms with Gasteiger partial charge in [0.05, 0.1) is 0 Å². The van der Waals surface area contributed by atoms with Crippen LogP contribution in [0.25, 0.3) is 0 Å². The number of aromatic nitrogens is 2. The number of rotatable bonds is 5. The van der Waals surface area contributed by atoms with Crippen molar-refractivity contribution in [3.05, 3.63) is 11.7 Å². The van der Waals surface area contributed by atoms with Crippen molar-refractivity contribution in [2.45, 2.75) is 76.2 Å². The summed E-state index contributed by atoms with van der Waals surface area (Å²) in [7, 11) is 0. The van der Waals surface area contributed by atoms with Crippen LogP contribution in [0.4, 0.5) is 0 Å². The second-order valence-electron chi connectivity index (χ2n) is 6.52. The Morgan fingerprint density at radius 2 is 2.00 bits per heavy atom. The molecule has 0 atom stereocenters. The maximum atomic E-state index is 5.51. The van der Waals surface area contributed by atoms with Crippen LogP contribution in [-0.2, 0) is 5.41 Å². The minimum atomic E-state index is 0.224. The van der Waals surface area contributed by atoms with Crippen molar-refractivity contribution in [1.82, 2.24) is 15.5 Å². The summed E-state index contributed by atoms with van der Waals surface area (Å²) < 4.78 is 5.51. The molecule has 0 spiro atoms. The second kappa shape index (κ2) is 5.23. The molecule has 19 heavy (non-hydrogen) atoms. The van der Waals surface area contributed by atoms with Gasteiger partial charge in [-0.2, -0.15) is 4.98 Å². The van der Waals surface area contributed by atoms with Gasteiger partial charge in [0.2, 0.25) is 5.89 Å². The van der Waals surface area contributed by atoms with Crippen molar-refractivity contribution < 1.29 is 4.52 Å². The Labute approximate surface area is 115 Å². The SMILES string of the molecule is CCCNC1CCC(c2nc(C3(C)CC3)no2)CC1. The van der Waals surface area contributed by atoms with E-state index in [1.807, 2.05) is 0 Å². The van der Waals surface area contributed by atoms with E-state index in [-0.39, 0.29) is 5.41 Å². The van der Waals surface area contributed by atoms with Gasteiger partial charge in [0.15, 0.2) is 5.82 Å². The average Bonchev–Trinajstić information content (AvgIpc) is 3.00. The largest absolute Gasteiger partial charge is 0.339 e. The number of nitrogens with zero attached hydrogens (tertiary/aromatic N) is 2. The second-order valence-corrected chi connectivity index (χ2v) is 6.52. The summed E-state index contributed by atoms with van der Waals surface area (Å²) in [6.07, 6.45) is 8.46. The van der Waals surface area contributed by atoms with E-state index < -0.39 is 0 Å². The maximum Gasteiger partial charge on any atom is 0.229 e. The average molecular weight is 263 g/mol. The molecule has 2 fully saturated rings. The highest BCUT2D eigenvalue weighted by atomic mass is 16.5. The predicted molar refractivity (Wildman–Crippen MR) is 74.2 cm³/mol. The standard InChI is InChI=1S/C15H25N3O/c1-3-10-16-12-6-4-11(5-7-12)13-17-14(18-19-13)15(2)8-9-15/h11-12,16H,3-10H2,1-2H3. The lowest BCUT2D eigenvalue weighted by Gasteiger charge is -2.27. The van der Waals surface area contributed by atoms with E-state index in [0.29, 0.717) is 12.0 Å². The Bertz CT molecular complexity index is 417. The molecule has 0 radical (unpaired) electrons. The third kappa shape index (κ3) is 2.83. The summed E-state index contributed by atoms with van der Waals surface area (Å²) in [6, 6.07) is 0.694. The van der Waals surface area contributed by atoms with Crippen molar-refractivity contribution in [3.63, 3.8) is 0 Å². The van der Waals surface area contributed by atoms with E-state index in [2.05, 4.69) is 29.3 Å². The Balaban J connectivity index is 1.55. The van der Waals surface area contributed by atoms with Crippen LogP contribution >= 0.6 is 0 Å². The van der Waals surface area contributed by atoms with Crippen LogP contribution < -0.4 is 5.32 Å². The molecular formula is C15H25N3O. The van der Waals surface area contributed by atoms with Crippen LogP contribution in [0.15, 0.2) is 4.52 Å². The Morgan fingerprint density at radius 3 is 2.63 bits per heavy atom. The highest BCUT2D eigenvalue weighted by molar-refractivity contribution is 5.15. The van der Waals surface area contributed by atoms with Gasteiger partial charge in [0.1, 0.15) is 0 Å². The molecule has 4 heteroatoms. The van der Waals surface area contributed by atoms with Crippen molar-refractivity contribution >= 4 is 0 Å². The van der Waals surface area contributed by atoms with Gasteiger partial charge in [-0.15, -0.1) is 0 Å². The summed E-state index contributed by atoms with van der Waals surface area (Å²) in [6.45, 7) is 5.59. The fraction of sp³-hybridized carbons (Fsp3) is 0.867. The van der Waals surface area contributed by atoms with Gasteiger partial charge < -0.3 is 9.84 Å². The zero-order valence-corrected chi connectivity index (χ0v) is 12.1. The maximum absolute atomic E-state index is 5.51. The topological polar surface area (TPSA) is 51.0 Å². The van der Waals surface area contributed by atoms with E-state index in [4.69, 9.17) is 4.52 Å². The van der Waals surface area contributed by atoms with Crippen molar-refractivity contribution in [3.8, 4) is 0 Å². The Hall–Kier alpha value is -0.900. The first kappa shape index (κ1) is 13.1. The first-order valence-corrected chi connectivity index (χ1v) is 7.79. The summed E-state index contributed by atoms with van der Waals surface area (Å²) in [4.78, 5) is 4.66. The molecule has 1 heterocycles. The molecular weight excluding hydrogens is 238 g/mol. The van der Waals surface area contributed by atoms with Crippen LogP contribution in [0.3, 0.4) is 0 Å². The molecule has 2 aliphatic carbocycles. The third-order valence-electron chi connectivity index (χ3n) is 4.74. The van der Waals surface area contributed by atoms with Crippen LogP contribution in [0.1, 0.15) is 76.4 Å². The van der Waals surface area contributed by atoms with Gasteiger partial charge >= 0.3 is 0 Å². The summed E-state index contributed by atoms with van der Waals surface area (Å²) in [5.41, 5.74) is 0.224. The minimum absolute atomic E-state index is 0.224. The highest BCUT2D eigenvalue weighted by Gasteiger charge is 2.44. The molecule has 1 N–H and O–H groups in total. The molecule has 0 aromatic carbocycles. The normalized spacial score (nSPS) is 29.4. The molecule has 1 aromatic heterocycles. The zero-order chi connectivity index (χ0) is 13.3. The predicted octanol–water partition coefficient (Wildman–Crippen LogP) is 3.15. The minimum Gasteiger partial charge on any atom is -0.339 e. The van der Waals surface area contributed by atoms with Gasteiger partial charge in [-0.1, -0.05) is 19.0 Å². The molecule has 0 saturated heterocycles. The number of hydrogen-bond acceptors (Lipinski definition) is 4. The lowest BCUT2D eigenvalue weighted by Crippen LogP contribution is -2.33. The highest BCUT2D eigenvalue weighted by Crippen LogP contribution is 2.46. The van der Waals surface area contributed by atoms with Crippen molar-refractivity contribution in [2.24, 2.45) is 0 Å². The number of nitrogens with one attached hydrogen (secondary N) is 1. The summed E-state index contributed by atoms with van der Waals surface area (Å²) in [5, 5.41) is 7.81. The molecule has 0 unspecified atom stereocenters. The van der Waals surface area contributed by atoms with E-state index in [0.717, 1.165) is 18.3 Å². The summed E-state index contributed by atoms with van der Waals surface area (Å²) >= 11 is 0. The third-order valence-corrected chi connectivity index (χ3v) is 4.74. The summed E-state index contributed by atoms with van der Waals surface area (Å²) in [5.74, 6) is 2.31. The van der Waals surface area contributed by atoms with E-state index in [1.165, 1.54) is 44.9 Å². The molecule has 4 nitrogen and oxygen atoms in total. The quantitative estimate of drug-likeness (QED) is 0.886. The fourth-order valence-electron chi connectivity index (χ4n) is 2.95. The van der Waals surface area contributed by atoms with E-state index in [1.54, 1.807) is 0 Å². The van der Waals surface area contributed by atoms with Gasteiger partial charge in [-0.05, 0) is 51.5 Å².